The number of hydrogen-bond acceptors (Lipinski definition) is 3. The molecule has 2 N–H and O–H groups in total. The Morgan fingerprint density at radius 2 is 1.96 bits per heavy atom. The monoisotopic (exact) mass is 369 g/mol. The number of aromatic nitrogens is 2. The van der Waals surface area contributed by atoms with Gasteiger partial charge >= 0.3 is 12.1 Å². The minimum atomic E-state index is -4.74. The third-order valence-electron chi connectivity index (χ3n) is 3.74. The van der Waals surface area contributed by atoms with Gasteiger partial charge in [0.1, 0.15) is 0 Å². The van der Waals surface area contributed by atoms with Crippen molar-refractivity contribution in [3.63, 3.8) is 0 Å². The molecule has 26 heavy (non-hydrogen) atoms. The van der Waals surface area contributed by atoms with E-state index < -0.39 is 35.2 Å². The number of rotatable bonds is 6. The van der Waals surface area contributed by atoms with Gasteiger partial charge in [0.05, 0.1) is 16.8 Å². The van der Waals surface area contributed by atoms with Gasteiger partial charge < -0.3 is 10.4 Å². The topological polar surface area (TPSA) is 84.2 Å². The van der Waals surface area contributed by atoms with Crippen molar-refractivity contribution in [2.45, 2.75) is 39.0 Å². The van der Waals surface area contributed by atoms with Crippen molar-refractivity contribution in [1.82, 2.24) is 15.1 Å². The zero-order chi connectivity index (χ0) is 19.5. The molecule has 0 bridgehead atoms. The van der Waals surface area contributed by atoms with Crippen LogP contribution in [0.3, 0.4) is 0 Å². The smallest absolute Gasteiger partial charge is 0.416 e. The fraction of sp³-hybridized carbons (Fsp3) is 0.353. The molecule has 1 aromatic carbocycles. The Morgan fingerprint density at radius 3 is 2.54 bits per heavy atom. The lowest BCUT2D eigenvalue weighted by atomic mass is 9.99. The lowest BCUT2D eigenvalue weighted by molar-refractivity contribution is -0.142. The number of nitrogens with one attached hydrogen (secondary N) is 1. The van der Waals surface area contributed by atoms with Crippen LogP contribution in [-0.2, 0) is 17.5 Å². The van der Waals surface area contributed by atoms with E-state index in [1.54, 1.807) is 6.92 Å². The quantitative estimate of drug-likeness (QED) is 0.819. The maximum atomic E-state index is 13.2. The Kier molecular flexibility index (Phi) is 5.69. The summed E-state index contributed by atoms with van der Waals surface area (Å²) in [4.78, 5) is 24.0. The van der Waals surface area contributed by atoms with Gasteiger partial charge in [-0.05, 0) is 25.0 Å². The van der Waals surface area contributed by atoms with Crippen molar-refractivity contribution in [3.8, 4) is 0 Å². The number of aliphatic carboxylic acids is 1. The molecule has 2 rings (SSSR count). The summed E-state index contributed by atoms with van der Waals surface area (Å²) in [6.07, 6.45) is -2.52. The maximum absolute atomic E-state index is 13.2. The van der Waals surface area contributed by atoms with Crippen LogP contribution in [0.2, 0.25) is 0 Å². The second-order valence-corrected chi connectivity index (χ2v) is 5.72. The van der Waals surface area contributed by atoms with Crippen LogP contribution < -0.4 is 5.32 Å². The largest absolute Gasteiger partial charge is 0.479 e. The molecule has 1 amide bonds. The first-order valence-corrected chi connectivity index (χ1v) is 7.89. The van der Waals surface area contributed by atoms with Gasteiger partial charge in [0.2, 0.25) is 0 Å². The molecule has 0 fully saturated rings. The highest BCUT2D eigenvalue weighted by Crippen LogP contribution is 2.34. The van der Waals surface area contributed by atoms with Crippen molar-refractivity contribution < 1.29 is 27.9 Å². The van der Waals surface area contributed by atoms with Crippen LogP contribution in [0.15, 0.2) is 30.5 Å². The van der Waals surface area contributed by atoms with Gasteiger partial charge in [-0.2, -0.15) is 18.3 Å². The molecule has 6 nitrogen and oxygen atoms in total. The Morgan fingerprint density at radius 1 is 1.31 bits per heavy atom. The van der Waals surface area contributed by atoms with E-state index in [2.05, 4.69) is 10.4 Å². The van der Waals surface area contributed by atoms with Crippen molar-refractivity contribution in [2.75, 3.05) is 0 Å². The van der Waals surface area contributed by atoms with Crippen molar-refractivity contribution in [2.24, 2.45) is 0 Å². The van der Waals surface area contributed by atoms with Gasteiger partial charge in [-0.25, -0.2) is 4.79 Å². The second kappa shape index (κ2) is 7.59. The molecule has 0 aliphatic rings. The van der Waals surface area contributed by atoms with Crippen molar-refractivity contribution >= 4 is 11.9 Å². The van der Waals surface area contributed by atoms with Gasteiger partial charge in [-0.3, -0.25) is 9.48 Å². The fourth-order valence-corrected chi connectivity index (χ4v) is 2.57. The SMILES string of the molecule is CCCn1cc(C(=O)N[C@H](C(=O)O)c2ccccc2C(F)(F)F)c(C)n1. The van der Waals surface area contributed by atoms with Crippen LogP contribution in [0.5, 0.6) is 0 Å². The summed E-state index contributed by atoms with van der Waals surface area (Å²) in [6, 6.07) is 2.43. The number of carboxylic acid groups (broad SMARTS) is 1. The number of nitrogens with zero attached hydrogens (tertiary/aromatic N) is 2. The molecule has 0 saturated heterocycles. The minimum Gasteiger partial charge on any atom is -0.479 e. The van der Waals surface area contributed by atoms with Gasteiger partial charge in [-0.1, -0.05) is 25.1 Å². The van der Waals surface area contributed by atoms with E-state index in [9.17, 15) is 27.9 Å². The molecule has 0 unspecified atom stereocenters. The predicted molar refractivity (Wildman–Crippen MR) is 86.5 cm³/mol. The Bertz CT molecular complexity index is 815. The molecule has 0 saturated carbocycles. The first kappa shape index (κ1) is 19.5. The van der Waals surface area contributed by atoms with E-state index in [0.717, 1.165) is 24.6 Å². The van der Waals surface area contributed by atoms with E-state index >= 15 is 0 Å². The van der Waals surface area contributed by atoms with Crippen LogP contribution in [0.25, 0.3) is 0 Å². The molecular formula is C17H18F3N3O3. The maximum Gasteiger partial charge on any atom is 0.416 e. The van der Waals surface area contributed by atoms with Crippen LogP contribution >= 0.6 is 0 Å². The number of halogens is 3. The zero-order valence-electron chi connectivity index (χ0n) is 14.2. The molecule has 2 aromatic rings. The molecule has 0 spiro atoms. The average molecular weight is 369 g/mol. The van der Waals surface area contributed by atoms with Gasteiger partial charge in [0.15, 0.2) is 6.04 Å². The first-order valence-electron chi connectivity index (χ1n) is 7.89. The number of aryl methyl sites for hydroxylation is 2. The first-order chi connectivity index (χ1) is 12.1. The fourth-order valence-electron chi connectivity index (χ4n) is 2.57. The second-order valence-electron chi connectivity index (χ2n) is 5.72. The lowest BCUT2D eigenvalue weighted by Gasteiger charge is -2.19. The van der Waals surface area contributed by atoms with Crippen molar-refractivity contribution in [1.29, 1.82) is 0 Å². The molecule has 9 heteroatoms. The van der Waals surface area contributed by atoms with Gasteiger partial charge in [-0.15, -0.1) is 0 Å². The van der Waals surface area contributed by atoms with Crippen molar-refractivity contribution in [3.05, 3.63) is 52.8 Å². The highest BCUT2D eigenvalue weighted by molar-refractivity contribution is 5.97. The van der Waals surface area contributed by atoms with Gasteiger partial charge in [0.25, 0.3) is 5.91 Å². The number of carbonyl (C=O) groups is 2. The highest BCUT2D eigenvalue weighted by atomic mass is 19.4. The van der Waals surface area contributed by atoms with Crippen LogP contribution in [-0.4, -0.2) is 26.8 Å². The van der Waals surface area contributed by atoms with Gasteiger partial charge in [0, 0.05) is 12.7 Å². The molecule has 140 valence electrons. The van der Waals surface area contributed by atoms with E-state index in [-0.39, 0.29) is 5.56 Å². The van der Waals surface area contributed by atoms with Crippen LogP contribution in [0.4, 0.5) is 13.2 Å². The predicted octanol–water partition coefficient (Wildman–Crippen LogP) is 3.18. The molecule has 0 radical (unpaired) electrons. The summed E-state index contributed by atoms with van der Waals surface area (Å²) in [7, 11) is 0. The van der Waals surface area contributed by atoms with E-state index in [1.807, 2.05) is 6.92 Å². The summed E-state index contributed by atoms with van der Waals surface area (Å²) < 4.78 is 41.0. The standard InChI is InChI=1S/C17H18F3N3O3/c1-3-8-23-9-12(10(2)22-23)15(24)21-14(16(25)26)11-6-4-5-7-13(11)17(18,19)20/h4-7,9,14H,3,8H2,1-2H3,(H,21,24)(H,25,26)/t14-/m0/s1. The van der Waals surface area contributed by atoms with E-state index in [0.29, 0.717) is 12.2 Å². The summed E-state index contributed by atoms with van der Waals surface area (Å²) in [5.41, 5.74) is -1.15. The molecule has 0 aliphatic heterocycles. The number of carboxylic acids is 1. The lowest BCUT2D eigenvalue weighted by Crippen LogP contribution is -2.35. The molecule has 1 aromatic heterocycles. The molecule has 1 atom stereocenters. The van der Waals surface area contributed by atoms with Crippen LogP contribution in [0, 0.1) is 6.92 Å². The third-order valence-corrected chi connectivity index (χ3v) is 3.74. The average Bonchev–Trinajstić information content (AvgIpc) is 2.92. The number of amides is 1. The number of carbonyl (C=O) groups excluding carboxylic acids is 1. The molecular weight excluding hydrogens is 351 g/mol. The summed E-state index contributed by atoms with van der Waals surface area (Å²) >= 11 is 0. The zero-order valence-corrected chi connectivity index (χ0v) is 14.2. The summed E-state index contributed by atoms with van der Waals surface area (Å²) in [5.74, 6) is -2.39. The molecule has 0 aliphatic carbocycles. The Hall–Kier alpha value is -2.84. The Labute approximate surface area is 147 Å². The minimum absolute atomic E-state index is 0.120. The summed E-state index contributed by atoms with van der Waals surface area (Å²) in [6.45, 7) is 4.05. The number of alkyl halides is 3. The van der Waals surface area contributed by atoms with E-state index in [1.165, 1.54) is 16.9 Å². The van der Waals surface area contributed by atoms with E-state index in [4.69, 9.17) is 0 Å². The molecule has 1 heterocycles. The van der Waals surface area contributed by atoms with Crippen LogP contribution in [0.1, 0.15) is 46.6 Å². The normalized spacial score (nSPS) is 12.7. The summed E-state index contributed by atoms with van der Waals surface area (Å²) in [5, 5.41) is 15.7. The Balaban J connectivity index is 2.36. The number of hydrogen-bond donors (Lipinski definition) is 2. The number of benzene rings is 1. The third kappa shape index (κ3) is 4.22. The highest BCUT2D eigenvalue weighted by Gasteiger charge is 2.37.